The Labute approximate surface area is 163 Å². The van der Waals surface area contributed by atoms with Crippen LogP contribution in [0, 0.1) is 5.82 Å². The lowest BCUT2D eigenvalue weighted by Gasteiger charge is -2.13. The minimum atomic E-state index is -0.319. The monoisotopic (exact) mass is 429 g/mol. The second-order valence-electron chi connectivity index (χ2n) is 6.58. The van der Waals surface area contributed by atoms with Crippen LogP contribution < -0.4 is 5.32 Å². The van der Waals surface area contributed by atoms with Crippen molar-refractivity contribution in [1.29, 1.82) is 0 Å². The number of hydrogen-bond acceptors (Lipinski definition) is 4. The van der Waals surface area contributed by atoms with E-state index < -0.39 is 0 Å². The minimum absolute atomic E-state index is 0.243. The second kappa shape index (κ2) is 7.19. The number of nitrogens with one attached hydrogen (secondary N) is 1. The van der Waals surface area contributed by atoms with E-state index in [1.807, 2.05) is 19.1 Å². The number of aromatic nitrogens is 4. The molecule has 1 fully saturated rings. The molecule has 1 N–H and O–H groups in total. The molecule has 138 valence electrons. The Hall–Kier alpha value is -2.61. The average molecular weight is 430 g/mol. The number of benzene rings is 1. The Balaban J connectivity index is 1.60. The molecular formula is C19H17BrFN5O. The van der Waals surface area contributed by atoms with Crippen LogP contribution in [-0.4, -0.2) is 25.9 Å². The summed E-state index contributed by atoms with van der Waals surface area (Å²) in [6.07, 6.45) is 3.66. The van der Waals surface area contributed by atoms with Gasteiger partial charge in [-0.1, -0.05) is 5.21 Å². The fourth-order valence-electron chi connectivity index (χ4n) is 2.93. The number of carbonyl (C=O) groups is 1. The number of hydrogen-bond donors (Lipinski definition) is 1. The minimum Gasteiger partial charge on any atom is -0.342 e. The third kappa shape index (κ3) is 3.75. The number of pyridine rings is 1. The van der Waals surface area contributed by atoms with Gasteiger partial charge in [-0.3, -0.25) is 9.78 Å². The van der Waals surface area contributed by atoms with Crippen molar-refractivity contribution in [1.82, 2.24) is 25.3 Å². The highest BCUT2D eigenvalue weighted by Gasteiger charge is 2.34. The van der Waals surface area contributed by atoms with Crippen molar-refractivity contribution < 1.29 is 9.18 Å². The van der Waals surface area contributed by atoms with Gasteiger partial charge in [0.25, 0.3) is 5.91 Å². The molecule has 4 rings (SSSR count). The predicted molar refractivity (Wildman–Crippen MR) is 101 cm³/mol. The molecule has 1 aliphatic rings. The molecule has 3 aromatic rings. The Morgan fingerprint density at radius 3 is 2.63 bits per heavy atom. The van der Waals surface area contributed by atoms with Crippen LogP contribution in [0.5, 0.6) is 0 Å². The van der Waals surface area contributed by atoms with Crippen LogP contribution >= 0.6 is 15.9 Å². The summed E-state index contributed by atoms with van der Waals surface area (Å²) in [6.45, 7) is 1.87. The molecule has 0 spiro atoms. The van der Waals surface area contributed by atoms with E-state index in [9.17, 15) is 9.18 Å². The standard InChI is InChI=1S/C19H17BrFN5O/c1-11(16-9-4-13(20)10-22-16)23-19(27)17-18(12-2-3-12)26(25-24-17)15-7-5-14(21)6-8-15/h4-12H,2-3H2,1H3,(H,23,27). The zero-order valence-electron chi connectivity index (χ0n) is 14.6. The third-order valence-electron chi connectivity index (χ3n) is 4.50. The lowest BCUT2D eigenvalue weighted by molar-refractivity contribution is 0.0933. The van der Waals surface area contributed by atoms with Gasteiger partial charge in [-0.25, -0.2) is 9.07 Å². The lowest BCUT2D eigenvalue weighted by atomic mass is 10.1. The molecule has 1 aromatic carbocycles. The summed E-state index contributed by atoms with van der Waals surface area (Å²) >= 11 is 3.35. The molecule has 2 aromatic heterocycles. The number of carbonyl (C=O) groups excluding carboxylic acids is 1. The van der Waals surface area contributed by atoms with Gasteiger partial charge in [-0.05, 0) is 72.1 Å². The molecule has 1 atom stereocenters. The Morgan fingerprint density at radius 1 is 1.26 bits per heavy atom. The van der Waals surface area contributed by atoms with Gasteiger partial charge in [0, 0.05) is 16.6 Å². The van der Waals surface area contributed by atoms with Crippen LogP contribution in [0.1, 0.15) is 53.6 Å². The Morgan fingerprint density at radius 2 is 2.00 bits per heavy atom. The normalized spacial score (nSPS) is 14.8. The van der Waals surface area contributed by atoms with Crippen molar-refractivity contribution in [2.75, 3.05) is 0 Å². The summed E-state index contributed by atoms with van der Waals surface area (Å²) in [4.78, 5) is 17.1. The van der Waals surface area contributed by atoms with Gasteiger partial charge in [0.15, 0.2) is 5.69 Å². The summed E-state index contributed by atoms with van der Waals surface area (Å²) in [5.41, 5.74) is 2.53. The quantitative estimate of drug-likeness (QED) is 0.666. The van der Waals surface area contributed by atoms with Gasteiger partial charge < -0.3 is 5.32 Å². The van der Waals surface area contributed by atoms with Crippen molar-refractivity contribution in [3.63, 3.8) is 0 Å². The molecule has 0 saturated heterocycles. The Bertz CT molecular complexity index is 967. The summed E-state index contributed by atoms with van der Waals surface area (Å²) < 4.78 is 15.7. The zero-order chi connectivity index (χ0) is 19.0. The van der Waals surface area contributed by atoms with Crippen LogP contribution in [0.15, 0.2) is 47.1 Å². The van der Waals surface area contributed by atoms with Gasteiger partial charge in [0.05, 0.1) is 23.1 Å². The number of nitrogens with zero attached hydrogens (tertiary/aromatic N) is 4. The Kier molecular flexibility index (Phi) is 4.73. The van der Waals surface area contributed by atoms with Crippen LogP contribution in [0.25, 0.3) is 5.69 Å². The summed E-state index contributed by atoms with van der Waals surface area (Å²) in [5, 5.41) is 11.2. The summed E-state index contributed by atoms with van der Waals surface area (Å²) in [7, 11) is 0. The highest BCUT2D eigenvalue weighted by atomic mass is 79.9. The van der Waals surface area contributed by atoms with Crippen molar-refractivity contribution in [3.8, 4) is 5.69 Å². The molecule has 1 aliphatic carbocycles. The van der Waals surface area contributed by atoms with Crippen LogP contribution in [-0.2, 0) is 0 Å². The SMILES string of the molecule is CC(NC(=O)c1nnn(-c2ccc(F)cc2)c1C1CC1)c1ccc(Br)cn1. The van der Waals surface area contributed by atoms with Crippen molar-refractivity contribution in [2.45, 2.75) is 31.7 Å². The van der Waals surface area contributed by atoms with Gasteiger partial charge in [0.2, 0.25) is 0 Å². The molecule has 2 heterocycles. The molecule has 6 nitrogen and oxygen atoms in total. The molecule has 0 radical (unpaired) electrons. The summed E-state index contributed by atoms with van der Waals surface area (Å²) in [5.74, 6) is -0.366. The predicted octanol–water partition coefficient (Wildman–Crippen LogP) is 3.93. The maximum atomic E-state index is 13.2. The average Bonchev–Trinajstić information content (AvgIpc) is 3.41. The highest BCUT2D eigenvalue weighted by Crippen LogP contribution is 2.42. The first kappa shape index (κ1) is 17.8. The topological polar surface area (TPSA) is 72.7 Å². The maximum absolute atomic E-state index is 13.2. The van der Waals surface area contributed by atoms with E-state index in [0.717, 1.165) is 28.7 Å². The number of rotatable bonds is 5. The van der Waals surface area contributed by atoms with Crippen LogP contribution in [0.4, 0.5) is 4.39 Å². The van der Waals surface area contributed by atoms with Crippen molar-refractivity contribution in [2.24, 2.45) is 0 Å². The molecule has 1 amide bonds. The maximum Gasteiger partial charge on any atom is 0.274 e. The zero-order valence-corrected chi connectivity index (χ0v) is 16.1. The van der Waals surface area contributed by atoms with E-state index in [2.05, 4.69) is 36.5 Å². The first-order chi connectivity index (χ1) is 13.0. The molecular weight excluding hydrogens is 413 g/mol. The van der Waals surface area contributed by atoms with E-state index in [0.29, 0.717) is 11.4 Å². The molecule has 8 heteroatoms. The van der Waals surface area contributed by atoms with E-state index in [4.69, 9.17) is 0 Å². The number of halogens is 2. The summed E-state index contributed by atoms with van der Waals surface area (Å²) in [6, 6.07) is 9.47. The molecule has 1 saturated carbocycles. The fourth-order valence-corrected chi connectivity index (χ4v) is 3.16. The second-order valence-corrected chi connectivity index (χ2v) is 7.50. The first-order valence-corrected chi connectivity index (χ1v) is 9.46. The third-order valence-corrected chi connectivity index (χ3v) is 4.97. The van der Waals surface area contributed by atoms with Gasteiger partial charge in [-0.2, -0.15) is 0 Å². The lowest BCUT2D eigenvalue weighted by Crippen LogP contribution is -2.28. The van der Waals surface area contributed by atoms with Crippen molar-refractivity contribution in [3.05, 3.63) is 70.0 Å². The fraction of sp³-hybridized carbons (Fsp3) is 0.263. The van der Waals surface area contributed by atoms with Gasteiger partial charge in [0.1, 0.15) is 5.82 Å². The smallest absolute Gasteiger partial charge is 0.274 e. The van der Waals surface area contributed by atoms with Crippen molar-refractivity contribution >= 4 is 21.8 Å². The van der Waals surface area contributed by atoms with E-state index in [1.54, 1.807) is 23.0 Å². The van der Waals surface area contributed by atoms with Crippen LogP contribution in [0.2, 0.25) is 0 Å². The molecule has 0 bridgehead atoms. The van der Waals surface area contributed by atoms with E-state index in [1.165, 1.54) is 12.1 Å². The van der Waals surface area contributed by atoms with E-state index in [-0.39, 0.29) is 23.7 Å². The highest BCUT2D eigenvalue weighted by molar-refractivity contribution is 9.10. The molecule has 27 heavy (non-hydrogen) atoms. The van der Waals surface area contributed by atoms with Gasteiger partial charge in [-0.15, -0.1) is 5.10 Å². The van der Waals surface area contributed by atoms with Gasteiger partial charge >= 0.3 is 0 Å². The molecule has 1 unspecified atom stereocenters. The first-order valence-electron chi connectivity index (χ1n) is 8.67. The largest absolute Gasteiger partial charge is 0.342 e. The van der Waals surface area contributed by atoms with E-state index >= 15 is 0 Å². The molecule has 0 aliphatic heterocycles. The van der Waals surface area contributed by atoms with Crippen LogP contribution in [0.3, 0.4) is 0 Å². The number of amides is 1.